The summed E-state index contributed by atoms with van der Waals surface area (Å²) in [4.78, 5) is 37.8. The normalized spacial score (nSPS) is 19.3. The van der Waals surface area contributed by atoms with Gasteiger partial charge in [0.1, 0.15) is 0 Å². The summed E-state index contributed by atoms with van der Waals surface area (Å²) in [5.41, 5.74) is 1.60. The van der Waals surface area contributed by atoms with Gasteiger partial charge in [-0.05, 0) is 37.8 Å². The quantitative estimate of drug-likeness (QED) is 0.725. The van der Waals surface area contributed by atoms with E-state index in [9.17, 15) is 9.59 Å². The molecule has 2 aliphatic rings. The number of aryl methyl sites for hydroxylation is 2. The molecule has 0 N–H and O–H groups in total. The van der Waals surface area contributed by atoms with E-state index >= 15 is 0 Å². The molecule has 160 valence electrons. The molecular formula is C22H29N5O3. The molecule has 0 aliphatic carbocycles. The zero-order valence-corrected chi connectivity index (χ0v) is 17.5. The molecule has 0 spiro atoms. The smallest absolute Gasteiger partial charge is 0.255 e. The molecule has 0 saturated carbocycles. The van der Waals surface area contributed by atoms with Crippen LogP contribution in [0.25, 0.3) is 0 Å². The van der Waals surface area contributed by atoms with Gasteiger partial charge in [-0.3, -0.25) is 14.6 Å². The summed E-state index contributed by atoms with van der Waals surface area (Å²) in [6.45, 7) is 5.07. The molecule has 0 aromatic carbocycles. The lowest BCUT2D eigenvalue weighted by Crippen LogP contribution is -2.39. The van der Waals surface area contributed by atoms with E-state index in [0.717, 1.165) is 57.4 Å². The van der Waals surface area contributed by atoms with Crippen LogP contribution in [0.5, 0.6) is 0 Å². The van der Waals surface area contributed by atoms with Gasteiger partial charge in [0.15, 0.2) is 5.82 Å². The summed E-state index contributed by atoms with van der Waals surface area (Å²) >= 11 is 0. The van der Waals surface area contributed by atoms with Crippen molar-refractivity contribution < 1.29 is 14.1 Å². The highest BCUT2D eigenvalue weighted by atomic mass is 16.5. The van der Waals surface area contributed by atoms with Crippen molar-refractivity contribution in [2.75, 3.05) is 26.2 Å². The van der Waals surface area contributed by atoms with Crippen molar-refractivity contribution in [1.29, 1.82) is 0 Å². The van der Waals surface area contributed by atoms with Gasteiger partial charge in [0.25, 0.3) is 5.91 Å². The Bertz CT molecular complexity index is 873. The molecule has 0 radical (unpaired) electrons. The molecular weight excluding hydrogens is 382 g/mol. The topological polar surface area (TPSA) is 92.4 Å². The van der Waals surface area contributed by atoms with E-state index in [1.54, 1.807) is 6.20 Å². The molecule has 8 nitrogen and oxygen atoms in total. The second kappa shape index (κ2) is 9.36. The first-order valence-corrected chi connectivity index (χ1v) is 11.0. The molecule has 8 heteroatoms. The number of nitrogens with zero attached hydrogens (tertiary/aromatic N) is 5. The van der Waals surface area contributed by atoms with Crippen LogP contribution in [0, 0.1) is 0 Å². The maximum atomic E-state index is 12.7. The predicted molar refractivity (Wildman–Crippen MR) is 110 cm³/mol. The minimum Gasteiger partial charge on any atom is -0.342 e. The monoisotopic (exact) mass is 411 g/mol. The number of carbonyl (C=O) groups is 2. The molecule has 2 amide bonds. The Morgan fingerprint density at radius 2 is 1.93 bits per heavy atom. The third-order valence-electron chi connectivity index (χ3n) is 6.00. The van der Waals surface area contributed by atoms with Crippen LogP contribution in [0.4, 0.5) is 0 Å². The zero-order valence-electron chi connectivity index (χ0n) is 17.5. The van der Waals surface area contributed by atoms with Crippen LogP contribution in [0.15, 0.2) is 22.9 Å². The fourth-order valence-corrected chi connectivity index (χ4v) is 4.23. The average Bonchev–Trinajstić information content (AvgIpc) is 3.49. The van der Waals surface area contributed by atoms with E-state index in [1.165, 1.54) is 0 Å². The molecule has 2 aromatic heterocycles. The van der Waals surface area contributed by atoms with Crippen LogP contribution in [-0.4, -0.2) is 62.9 Å². The van der Waals surface area contributed by atoms with Gasteiger partial charge in [-0.2, -0.15) is 4.98 Å². The molecule has 2 aromatic rings. The molecule has 4 rings (SSSR count). The largest absolute Gasteiger partial charge is 0.342 e. The average molecular weight is 412 g/mol. The van der Waals surface area contributed by atoms with E-state index < -0.39 is 0 Å². The summed E-state index contributed by atoms with van der Waals surface area (Å²) < 4.78 is 5.18. The van der Waals surface area contributed by atoms with Crippen molar-refractivity contribution in [3.05, 3.63) is 41.3 Å². The lowest BCUT2D eigenvalue weighted by atomic mass is 9.93. The van der Waals surface area contributed by atoms with Gasteiger partial charge >= 0.3 is 0 Å². The van der Waals surface area contributed by atoms with E-state index in [-0.39, 0.29) is 17.7 Å². The molecule has 2 aliphatic heterocycles. The Morgan fingerprint density at radius 3 is 2.63 bits per heavy atom. The third-order valence-corrected chi connectivity index (χ3v) is 6.00. The Balaban J connectivity index is 1.32. The van der Waals surface area contributed by atoms with Crippen LogP contribution in [0.1, 0.15) is 72.7 Å². The molecule has 2 fully saturated rings. The van der Waals surface area contributed by atoms with Gasteiger partial charge in [0.2, 0.25) is 11.8 Å². The second-order valence-corrected chi connectivity index (χ2v) is 8.11. The standard InChI is InChI=1S/C22H29N5O3/c1-2-19-24-20(30-25-19)9-10-21(28)27-13-5-6-17(15-27)18-8-7-16(14-23-18)22(29)26-11-3-4-12-26/h7-8,14,17H,2-6,9-13,15H2,1H3. The van der Waals surface area contributed by atoms with E-state index in [2.05, 4.69) is 15.1 Å². The fourth-order valence-electron chi connectivity index (χ4n) is 4.23. The minimum absolute atomic E-state index is 0.0688. The lowest BCUT2D eigenvalue weighted by molar-refractivity contribution is -0.132. The number of piperidine rings is 1. The van der Waals surface area contributed by atoms with E-state index in [0.29, 0.717) is 36.7 Å². The number of likely N-dealkylation sites (tertiary alicyclic amines) is 2. The first-order valence-electron chi connectivity index (χ1n) is 11.0. The summed E-state index contributed by atoms with van der Waals surface area (Å²) in [6, 6.07) is 3.83. The Kier molecular flexibility index (Phi) is 6.40. The van der Waals surface area contributed by atoms with Crippen molar-refractivity contribution in [3.63, 3.8) is 0 Å². The Hall–Kier alpha value is -2.77. The minimum atomic E-state index is 0.0688. The summed E-state index contributed by atoms with van der Waals surface area (Å²) in [6.07, 6.45) is 7.36. The van der Waals surface area contributed by atoms with Gasteiger partial charge < -0.3 is 14.3 Å². The van der Waals surface area contributed by atoms with Gasteiger partial charge in [-0.15, -0.1) is 0 Å². The fraction of sp³-hybridized carbons (Fsp3) is 0.591. The van der Waals surface area contributed by atoms with Crippen LogP contribution >= 0.6 is 0 Å². The predicted octanol–water partition coefficient (Wildman–Crippen LogP) is 2.60. The van der Waals surface area contributed by atoms with Gasteiger partial charge in [-0.25, -0.2) is 0 Å². The van der Waals surface area contributed by atoms with Gasteiger partial charge in [0, 0.05) is 63.3 Å². The zero-order chi connectivity index (χ0) is 20.9. The maximum Gasteiger partial charge on any atom is 0.255 e. The van der Waals surface area contributed by atoms with E-state index in [1.807, 2.05) is 28.9 Å². The molecule has 0 bridgehead atoms. The number of aromatic nitrogens is 3. The molecule has 2 saturated heterocycles. The third kappa shape index (κ3) is 4.68. The van der Waals surface area contributed by atoms with Crippen molar-refractivity contribution in [2.45, 2.75) is 57.8 Å². The first kappa shape index (κ1) is 20.5. The van der Waals surface area contributed by atoms with Crippen molar-refractivity contribution in [1.82, 2.24) is 24.9 Å². The number of pyridine rings is 1. The highest BCUT2D eigenvalue weighted by Crippen LogP contribution is 2.26. The van der Waals surface area contributed by atoms with E-state index in [4.69, 9.17) is 4.52 Å². The number of rotatable bonds is 6. The van der Waals surface area contributed by atoms with Crippen LogP contribution < -0.4 is 0 Å². The van der Waals surface area contributed by atoms with Gasteiger partial charge in [0.05, 0.1) is 5.56 Å². The molecule has 30 heavy (non-hydrogen) atoms. The molecule has 1 unspecified atom stereocenters. The number of hydrogen-bond donors (Lipinski definition) is 0. The summed E-state index contributed by atoms with van der Waals surface area (Å²) in [5, 5.41) is 3.88. The summed E-state index contributed by atoms with van der Waals surface area (Å²) in [7, 11) is 0. The van der Waals surface area contributed by atoms with Crippen LogP contribution in [-0.2, 0) is 17.6 Å². The lowest BCUT2D eigenvalue weighted by Gasteiger charge is -2.32. The highest BCUT2D eigenvalue weighted by molar-refractivity contribution is 5.94. The van der Waals surface area contributed by atoms with Crippen molar-refractivity contribution in [2.24, 2.45) is 0 Å². The Morgan fingerprint density at radius 1 is 1.13 bits per heavy atom. The second-order valence-electron chi connectivity index (χ2n) is 8.11. The highest BCUT2D eigenvalue weighted by Gasteiger charge is 2.26. The van der Waals surface area contributed by atoms with Crippen LogP contribution in [0.2, 0.25) is 0 Å². The number of carbonyl (C=O) groups excluding carboxylic acids is 2. The van der Waals surface area contributed by atoms with Crippen LogP contribution in [0.3, 0.4) is 0 Å². The van der Waals surface area contributed by atoms with Gasteiger partial charge in [-0.1, -0.05) is 12.1 Å². The van der Waals surface area contributed by atoms with Crippen molar-refractivity contribution >= 4 is 11.8 Å². The maximum absolute atomic E-state index is 12.7. The summed E-state index contributed by atoms with van der Waals surface area (Å²) in [5.74, 6) is 1.58. The first-order chi connectivity index (χ1) is 14.6. The molecule has 1 atom stereocenters. The number of amides is 2. The Labute approximate surface area is 176 Å². The van der Waals surface area contributed by atoms with Crippen molar-refractivity contribution in [3.8, 4) is 0 Å². The molecule has 4 heterocycles. The number of hydrogen-bond acceptors (Lipinski definition) is 6. The SMILES string of the molecule is CCc1noc(CCC(=O)N2CCCC(c3ccc(C(=O)N4CCCC4)cn3)C2)n1.